The molecular weight excluding hydrogens is 358 g/mol. The molecule has 1 heterocycles. The van der Waals surface area contributed by atoms with E-state index in [1.54, 1.807) is 13.0 Å². The summed E-state index contributed by atoms with van der Waals surface area (Å²) in [4.78, 5) is 22.3. The van der Waals surface area contributed by atoms with Gasteiger partial charge < -0.3 is 11.5 Å². The van der Waals surface area contributed by atoms with Gasteiger partial charge in [-0.1, -0.05) is 6.42 Å². The molecule has 1 aromatic rings. The van der Waals surface area contributed by atoms with Gasteiger partial charge in [0.15, 0.2) is 5.78 Å². The van der Waals surface area contributed by atoms with Crippen molar-refractivity contribution in [1.29, 1.82) is 0 Å². The van der Waals surface area contributed by atoms with Crippen LogP contribution in [0.3, 0.4) is 0 Å². The lowest BCUT2D eigenvalue weighted by Gasteiger charge is -2.46. The number of halogens is 1. The molecule has 1 saturated carbocycles. The third kappa shape index (κ3) is 2.85. The fraction of sp³-hybridized carbons (Fsp3) is 0.438. The van der Waals surface area contributed by atoms with Gasteiger partial charge in [0.2, 0.25) is 11.9 Å². The number of Topliss-reactive ketones (excluding diaryl/α,β-unsaturated/α-hetero) is 1. The molecule has 1 fully saturated rings. The van der Waals surface area contributed by atoms with E-state index in [9.17, 15) is 4.79 Å². The largest absolute Gasteiger partial charge is 0.369 e. The number of benzene rings is 1. The van der Waals surface area contributed by atoms with Gasteiger partial charge in [-0.25, -0.2) is 4.99 Å². The molecule has 0 atom stereocenters. The lowest BCUT2D eigenvalue weighted by Crippen LogP contribution is -2.58. The average molecular weight is 378 g/mol. The number of nitrogens with two attached hydrogens (primary N) is 2. The molecular formula is C16H20BrN5O. The molecule has 1 aromatic carbocycles. The van der Waals surface area contributed by atoms with Gasteiger partial charge in [0.25, 0.3) is 0 Å². The summed E-state index contributed by atoms with van der Waals surface area (Å²) in [6, 6.07) is 5.49. The van der Waals surface area contributed by atoms with E-state index < -0.39 is 5.66 Å². The van der Waals surface area contributed by atoms with Gasteiger partial charge in [0, 0.05) is 10.0 Å². The smallest absolute Gasteiger partial charge is 0.220 e. The maximum atomic E-state index is 11.6. The minimum Gasteiger partial charge on any atom is -0.369 e. The number of hydrogen-bond acceptors (Lipinski definition) is 6. The number of ketones is 1. The molecule has 122 valence electrons. The van der Waals surface area contributed by atoms with Crippen molar-refractivity contribution in [2.24, 2.45) is 21.5 Å². The standard InChI is InChI=1S/C16H20BrN5O/c1-10(23)11-5-6-13(12(17)9-11)22-15(19)20-14(18)21-16(22)7-3-2-4-8-16/h5-6,9H,2-4,7-8H2,1H3,(H4,18,19,20,21). The van der Waals surface area contributed by atoms with Crippen LogP contribution < -0.4 is 16.4 Å². The number of rotatable bonds is 2. The highest BCUT2D eigenvalue weighted by atomic mass is 79.9. The molecule has 1 aliphatic carbocycles. The van der Waals surface area contributed by atoms with Gasteiger partial charge in [-0.15, -0.1) is 0 Å². The van der Waals surface area contributed by atoms with Gasteiger partial charge >= 0.3 is 0 Å². The van der Waals surface area contributed by atoms with Crippen molar-refractivity contribution in [2.75, 3.05) is 4.90 Å². The Labute approximate surface area is 143 Å². The van der Waals surface area contributed by atoms with Crippen LogP contribution in [0.15, 0.2) is 32.7 Å². The fourth-order valence-electron chi connectivity index (χ4n) is 3.38. The highest BCUT2D eigenvalue weighted by Crippen LogP contribution is 2.41. The summed E-state index contributed by atoms with van der Waals surface area (Å²) in [5.41, 5.74) is 13.1. The molecule has 0 unspecified atom stereocenters. The van der Waals surface area contributed by atoms with Crippen LogP contribution >= 0.6 is 15.9 Å². The zero-order valence-electron chi connectivity index (χ0n) is 13.1. The van der Waals surface area contributed by atoms with Gasteiger partial charge in [0.1, 0.15) is 5.66 Å². The second-order valence-electron chi connectivity index (χ2n) is 6.04. The first-order valence-electron chi connectivity index (χ1n) is 7.73. The van der Waals surface area contributed by atoms with Gasteiger partial charge in [-0.3, -0.25) is 9.69 Å². The first-order valence-corrected chi connectivity index (χ1v) is 8.52. The summed E-state index contributed by atoms with van der Waals surface area (Å²) in [5.74, 6) is 0.597. The van der Waals surface area contributed by atoms with Crippen LogP contribution in [0, 0.1) is 0 Å². The van der Waals surface area contributed by atoms with E-state index in [1.165, 1.54) is 6.42 Å². The van der Waals surface area contributed by atoms with Crippen molar-refractivity contribution in [2.45, 2.75) is 44.7 Å². The summed E-state index contributed by atoms with van der Waals surface area (Å²) in [6.45, 7) is 1.55. The zero-order valence-corrected chi connectivity index (χ0v) is 14.6. The summed E-state index contributed by atoms with van der Waals surface area (Å²) in [7, 11) is 0. The minimum absolute atomic E-state index is 0.0205. The average Bonchev–Trinajstić information content (AvgIpc) is 2.48. The number of guanidine groups is 2. The predicted molar refractivity (Wildman–Crippen MR) is 95.7 cm³/mol. The second-order valence-corrected chi connectivity index (χ2v) is 6.90. The SMILES string of the molecule is CC(=O)c1ccc(N2C(N)=NC(N)=NC23CCCCC3)c(Br)c1. The van der Waals surface area contributed by atoms with Crippen LogP contribution in [-0.2, 0) is 0 Å². The lowest BCUT2D eigenvalue weighted by molar-refractivity contribution is 0.101. The molecule has 0 bridgehead atoms. The fourth-order valence-corrected chi connectivity index (χ4v) is 3.93. The molecule has 4 N–H and O–H groups in total. The van der Waals surface area contributed by atoms with Crippen molar-refractivity contribution in [1.82, 2.24) is 0 Å². The number of aliphatic imine (C=N–C) groups is 2. The van der Waals surface area contributed by atoms with Crippen LogP contribution in [0.25, 0.3) is 0 Å². The topological polar surface area (TPSA) is 97.1 Å². The summed E-state index contributed by atoms with van der Waals surface area (Å²) >= 11 is 3.56. The number of nitrogens with zero attached hydrogens (tertiary/aromatic N) is 3. The third-order valence-corrected chi connectivity index (χ3v) is 5.08. The summed E-state index contributed by atoms with van der Waals surface area (Å²) < 4.78 is 0.795. The Bertz CT molecular complexity index is 706. The van der Waals surface area contributed by atoms with E-state index >= 15 is 0 Å². The van der Waals surface area contributed by atoms with Crippen molar-refractivity contribution < 1.29 is 4.79 Å². The van der Waals surface area contributed by atoms with E-state index in [1.807, 2.05) is 17.0 Å². The van der Waals surface area contributed by atoms with Crippen molar-refractivity contribution in [3.63, 3.8) is 0 Å². The molecule has 0 aromatic heterocycles. The van der Waals surface area contributed by atoms with Crippen molar-refractivity contribution in [3.05, 3.63) is 28.2 Å². The zero-order chi connectivity index (χ0) is 16.6. The van der Waals surface area contributed by atoms with E-state index in [-0.39, 0.29) is 11.7 Å². The van der Waals surface area contributed by atoms with Gasteiger partial charge in [-0.2, -0.15) is 4.99 Å². The molecule has 7 heteroatoms. The lowest BCUT2D eigenvalue weighted by atomic mass is 9.87. The van der Waals surface area contributed by atoms with Gasteiger partial charge in [0.05, 0.1) is 5.69 Å². The Kier molecular flexibility index (Phi) is 4.14. The number of anilines is 1. The first kappa shape index (κ1) is 16.0. The third-order valence-electron chi connectivity index (χ3n) is 4.45. The number of hydrogen-bond donors (Lipinski definition) is 2. The highest BCUT2D eigenvalue weighted by Gasteiger charge is 2.43. The van der Waals surface area contributed by atoms with E-state index in [4.69, 9.17) is 11.5 Å². The van der Waals surface area contributed by atoms with E-state index in [2.05, 4.69) is 25.9 Å². The summed E-state index contributed by atoms with van der Waals surface area (Å²) in [5, 5.41) is 0. The van der Waals surface area contributed by atoms with Crippen LogP contribution in [0.1, 0.15) is 49.4 Å². The maximum absolute atomic E-state index is 11.6. The predicted octanol–water partition coefficient (Wildman–Crippen LogP) is 2.76. The quantitative estimate of drug-likeness (QED) is 0.774. The molecule has 3 rings (SSSR count). The molecule has 2 aliphatic rings. The molecule has 1 spiro atoms. The van der Waals surface area contributed by atoms with Gasteiger partial charge in [-0.05, 0) is 66.7 Å². The van der Waals surface area contributed by atoms with E-state index in [0.717, 1.165) is 35.8 Å². The molecule has 23 heavy (non-hydrogen) atoms. The Balaban J connectivity index is 2.09. The maximum Gasteiger partial charge on any atom is 0.220 e. The number of carbonyl (C=O) groups is 1. The Morgan fingerprint density at radius 2 is 1.96 bits per heavy atom. The molecule has 1 aliphatic heterocycles. The van der Waals surface area contributed by atoms with Crippen LogP contribution in [-0.4, -0.2) is 23.4 Å². The molecule has 0 amide bonds. The highest BCUT2D eigenvalue weighted by molar-refractivity contribution is 9.10. The van der Waals surface area contributed by atoms with Crippen molar-refractivity contribution in [3.8, 4) is 0 Å². The summed E-state index contributed by atoms with van der Waals surface area (Å²) in [6.07, 6.45) is 5.09. The minimum atomic E-state index is -0.478. The molecule has 0 saturated heterocycles. The van der Waals surface area contributed by atoms with Crippen molar-refractivity contribution >= 4 is 39.3 Å². The van der Waals surface area contributed by atoms with Crippen LogP contribution in [0.2, 0.25) is 0 Å². The Hall–Kier alpha value is -1.89. The Morgan fingerprint density at radius 1 is 1.26 bits per heavy atom. The first-order chi connectivity index (χ1) is 10.9. The molecule has 6 nitrogen and oxygen atoms in total. The second kappa shape index (κ2) is 5.96. The Morgan fingerprint density at radius 3 is 2.57 bits per heavy atom. The monoisotopic (exact) mass is 377 g/mol. The van der Waals surface area contributed by atoms with Crippen LogP contribution in [0.5, 0.6) is 0 Å². The normalized spacial score (nSPS) is 20.2. The van der Waals surface area contributed by atoms with Crippen LogP contribution in [0.4, 0.5) is 5.69 Å². The number of carbonyl (C=O) groups excluding carboxylic acids is 1. The molecule has 0 radical (unpaired) electrons. The van der Waals surface area contributed by atoms with E-state index in [0.29, 0.717) is 11.5 Å².